The minimum Gasteiger partial charge on any atom is -0.500 e. The summed E-state index contributed by atoms with van der Waals surface area (Å²) in [6.07, 6.45) is -2.43. The van der Waals surface area contributed by atoms with Crippen LogP contribution in [0.15, 0.2) is 35.6 Å². The van der Waals surface area contributed by atoms with E-state index in [9.17, 15) is 13.2 Å². The predicted molar refractivity (Wildman–Crippen MR) is 79.0 cm³/mol. The lowest BCUT2D eigenvalue weighted by Crippen LogP contribution is -2.05. The van der Waals surface area contributed by atoms with E-state index in [2.05, 4.69) is 6.07 Å². The Labute approximate surface area is 129 Å². The Balaban J connectivity index is 2.76. The lowest BCUT2D eigenvalue weighted by Gasteiger charge is -2.14. The van der Waals surface area contributed by atoms with E-state index in [1.54, 1.807) is 0 Å². The molecule has 0 spiro atoms. The van der Waals surface area contributed by atoms with Gasteiger partial charge in [-0.25, -0.2) is 0 Å². The third kappa shape index (κ3) is 4.80. The first-order valence-corrected chi connectivity index (χ1v) is 7.16. The van der Waals surface area contributed by atoms with Crippen molar-refractivity contribution in [2.75, 3.05) is 7.11 Å². The smallest absolute Gasteiger partial charge is 0.416 e. The van der Waals surface area contributed by atoms with Crippen LogP contribution in [0.1, 0.15) is 50.2 Å². The van der Waals surface area contributed by atoms with Crippen molar-refractivity contribution in [3.63, 3.8) is 0 Å². The van der Waals surface area contributed by atoms with Crippen LogP contribution < -0.4 is 0 Å². The number of hydrogen-bond donors (Lipinski definition) is 0. The van der Waals surface area contributed by atoms with Crippen LogP contribution in [0.4, 0.5) is 13.2 Å². The topological polar surface area (TPSA) is 33.0 Å². The maximum Gasteiger partial charge on any atom is 0.416 e. The fraction of sp³-hybridized carbons (Fsp3) is 0.471. The van der Waals surface area contributed by atoms with Gasteiger partial charge in [-0.15, -0.1) is 0 Å². The molecule has 1 aromatic carbocycles. The van der Waals surface area contributed by atoms with E-state index < -0.39 is 11.7 Å². The highest BCUT2D eigenvalue weighted by atomic mass is 19.4. The number of nitriles is 1. The molecule has 5 heteroatoms. The van der Waals surface area contributed by atoms with Gasteiger partial charge in [-0.05, 0) is 36.5 Å². The third-order valence-corrected chi connectivity index (χ3v) is 3.67. The molecule has 0 aromatic heterocycles. The van der Waals surface area contributed by atoms with Crippen LogP contribution in [0.2, 0.25) is 0 Å². The van der Waals surface area contributed by atoms with E-state index in [-0.39, 0.29) is 5.92 Å². The van der Waals surface area contributed by atoms with Crippen molar-refractivity contribution >= 4 is 0 Å². The van der Waals surface area contributed by atoms with Gasteiger partial charge < -0.3 is 4.74 Å². The highest BCUT2D eigenvalue weighted by Crippen LogP contribution is 2.31. The molecule has 22 heavy (non-hydrogen) atoms. The van der Waals surface area contributed by atoms with Gasteiger partial charge in [0.1, 0.15) is 5.76 Å². The van der Waals surface area contributed by atoms with Gasteiger partial charge in [0.15, 0.2) is 0 Å². The van der Waals surface area contributed by atoms with Crippen molar-refractivity contribution in [1.82, 2.24) is 0 Å². The molecule has 1 atom stereocenters. The van der Waals surface area contributed by atoms with Gasteiger partial charge in [-0.1, -0.05) is 26.0 Å². The minimum atomic E-state index is -4.31. The quantitative estimate of drug-likeness (QED) is 0.519. The number of allylic oxidation sites excluding steroid dienone is 2. The van der Waals surface area contributed by atoms with Gasteiger partial charge in [0.2, 0.25) is 0 Å². The van der Waals surface area contributed by atoms with Crippen molar-refractivity contribution in [1.29, 1.82) is 5.26 Å². The first kappa shape index (κ1) is 18.1. The van der Waals surface area contributed by atoms with Crippen LogP contribution in [0.25, 0.3) is 0 Å². The standard InChI is InChI=1S/C17H20F3NO/c1-4-16(22-3)14(11-21)6-5-12(2)13-7-9-15(10-8-13)17(18,19)20/h7-10,12H,4-6H2,1-3H3. The number of methoxy groups -OCH3 is 1. The summed E-state index contributed by atoms with van der Waals surface area (Å²) in [6, 6.07) is 7.34. The Morgan fingerprint density at radius 3 is 2.27 bits per heavy atom. The summed E-state index contributed by atoms with van der Waals surface area (Å²) in [5.41, 5.74) is 0.790. The molecule has 2 nitrogen and oxygen atoms in total. The van der Waals surface area contributed by atoms with E-state index in [0.717, 1.165) is 17.7 Å². The monoisotopic (exact) mass is 311 g/mol. The van der Waals surface area contributed by atoms with E-state index in [1.165, 1.54) is 19.2 Å². The Morgan fingerprint density at radius 2 is 1.86 bits per heavy atom. The maximum absolute atomic E-state index is 12.5. The van der Waals surface area contributed by atoms with Crippen LogP contribution in [-0.4, -0.2) is 7.11 Å². The maximum atomic E-state index is 12.5. The second-order valence-electron chi connectivity index (χ2n) is 5.13. The first-order valence-electron chi connectivity index (χ1n) is 7.16. The van der Waals surface area contributed by atoms with Crippen LogP contribution in [0.5, 0.6) is 0 Å². The van der Waals surface area contributed by atoms with Gasteiger partial charge in [-0.2, -0.15) is 18.4 Å². The number of hydrogen-bond acceptors (Lipinski definition) is 2. The fourth-order valence-electron chi connectivity index (χ4n) is 2.27. The largest absolute Gasteiger partial charge is 0.500 e. The Bertz CT molecular complexity index is 547. The number of rotatable bonds is 6. The molecule has 0 aliphatic rings. The molecule has 0 N–H and O–H groups in total. The Morgan fingerprint density at radius 1 is 1.27 bits per heavy atom. The zero-order valence-corrected chi connectivity index (χ0v) is 13.0. The summed E-state index contributed by atoms with van der Waals surface area (Å²) in [6.45, 7) is 3.85. The zero-order valence-electron chi connectivity index (χ0n) is 13.0. The molecule has 0 saturated carbocycles. The van der Waals surface area contributed by atoms with Crippen molar-refractivity contribution in [2.45, 2.75) is 45.2 Å². The van der Waals surface area contributed by atoms with Crippen LogP contribution in [0, 0.1) is 11.3 Å². The number of halogens is 3. The van der Waals surface area contributed by atoms with E-state index >= 15 is 0 Å². The molecular weight excluding hydrogens is 291 g/mol. The van der Waals surface area contributed by atoms with Gasteiger partial charge in [-0.3, -0.25) is 0 Å². The summed E-state index contributed by atoms with van der Waals surface area (Å²) >= 11 is 0. The van der Waals surface area contributed by atoms with E-state index in [4.69, 9.17) is 10.00 Å². The average molecular weight is 311 g/mol. The molecule has 1 rings (SSSR count). The molecule has 0 aliphatic heterocycles. The van der Waals surface area contributed by atoms with Gasteiger partial charge in [0.05, 0.1) is 24.3 Å². The molecule has 0 aliphatic carbocycles. The summed E-state index contributed by atoms with van der Waals surface area (Å²) in [5.74, 6) is 0.739. The van der Waals surface area contributed by atoms with Crippen LogP contribution in [-0.2, 0) is 10.9 Å². The lowest BCUT2D eigenvalue weighted by molar-refractivity contribution is -0.137. The predicted octanol–water partition coefficient (Wildman–Crippen LogP) is 5.42. The molecule has 0 radical (unpaired) electrons. The summed E-state index contributed by atoms with van der Waals surface area (Å²) < 4.78 is 42.8. The third-order valence-electron chi connectivity index (χ3n) is 3.67. The minimum absolute atomic E-state index is 0.0700. The molecule has 1 aromatic rings. The average Bonchev–Trinajstić information content (AvgIpc) is 2.50. The molecule has 1 unspecified atom stereocenters. The van der Waals surface area contributed by atoms with Crippen molar-refractivity contribution in [3.05, 3.63) is 46.7 Å². The van der Waals surface area contributed by atoms with Gasteiger partial charge >= 0.3 is 6.18 Å². The second-order valence-corrected chi connectivity index (χ2v) is 5.13. The van der Waals surface area contributed by atoms with Gasteiger partial charge in [0, 0.05) is 6.42 Å². The highest BCUT2D eigenvalue weighted by molar-refractivity contribution is 5.28. The zero-order chi connectivity index (χ0) is 16.8. The summed E-state index contributed by atoms with van der Waals surface area (Å²) in [4.78, 5) is 0. The van der Waals surface area contributed by atoms with Crippen molar-refractivity contribution in [2.24, 2.45) is 0 Å². The number of benzene rings is 1. The number of ether oxygens (including phenoxy) is 1. The Hall–Kier alpha value is -1.96. The highest BCUT2D eigenvalue weighted by Gasteiger charge is 2.30. The molecule has 0 amide bonds. The molecule has 0 heterocycles. The molecule has 120 valence electrons. The van der Waals surface area contributed by atoms with Crippen LogP contribution >= 0.6 is 0 Å². The van der Waals surface area contributed by atoms with Crippen molar-refractivity contribution in [3.8, 4) is 6.07 Å². The molecule has 0 saturated heterocycles. The van der Waals surface area contributed by atoms with E-state index in [0.29, 0.717) is 30.6 Å². The SMILES string of the molecule is CCC(OC)=C(C#N)CCC(C)c1ccc(C(F)(F)F)cc1. The van der Waals surface area contributed by atoms with Gasteiger partial charge in [0.25, 0.3) is 0 Å². The Kier molecular flexibility index (Phi) is 6.48. The number of nitrogens with zero attached hydrogens (tertiary/aromatic N) is 1. The van der Waals surface area contributed by atoms with E-state index in [1.807, 2.05) is 13.8 Å². The summed E-state index contributed by atoms with van der Waals surface area (Å²) in [7, 11) is 1.54. The second kappa shape index (κ2) is 7.88. The molecule has 0 bridgehead atoms. The molecular formula is C17H20F3NO. The molecule has 0 fully saturated rings. The fourth-order valence-corrected chi connectivity index (χ4v) is 2.27. The number of alkyl halides is 3. The first-order chi connectivity index (χ1) is 10.3. The normalized spacial score (nSPS) is 14.0. The van der Waals surface area contributed by atoms with Crippen LogP contribution in [0.3, 0.4) is 0 Å². The summed E-state index contributed by atoms with van der Waals surface area (Å²) in [5, 5.41) is 9.16. The lowest BCUT2D eigenvalue weighted by atomic mass is 9.93. The van der Waals surface area contributed by atoms with Crippen molar-refractivity contribution < 1.29 is 17.9 Å².